The molecule has 0 radical (unpaired) electrons. The zero-order valence-corrected chi connectivity index (χ0v) is 15.9. The quantitative estimate of drug-likeness (QED) is 0.730. The van der Waals surface area contributed by atoms with Crippen molar-refractivity contribution in [2.75, 3.05) is 33.2 Å². The molecular formula is C17H22N4O4S. The molecular weight excluding hydrogens is 356 g/mol. The van der Waals surface area contributed by atoms with Crippen molar-refractivity contribution in [2.24, 2.45) is 0 Å². The number of rotatable bonds is 7. The second kappa shape index (κ2) is 8.26. The number of carbonyl (C=O) groups excluding carboxylic acids is 1. The van der Waals surface area contributed by atoms with E-state index in [1.807, 2.05) is 25.1 Å². The molecule has 0 atom stereocenters. The summed E-state index contributed by atoms with van der Waals surface area (Å²) in [6.45, 7) is 0.273. The van der Waals surface area contributed by atoms with Crippen LogP contribution < -0.4 is 10.2 Å². The van der Waals surface area contributed by atoms with Gasteiger partial charge in [-0.2, -0.15) is 0 Å². The van der Waals surface area contributed by atoms with E-state index < -0.39 is 10.0 Å². The Morgan fingerprint density at radius 3 is 2.58 bits per heavy atom. The lowest BCUT2D eigenvalue weighted by Crippen LogP contribution is -2.27. The number of sulfonamides is 1. The van der Waals surface area contributed by atoms with Crippen LogP contribution in [0.25, 0.3) is 0 Å². The Morgan fingerprint density at radius 1 is 1.19 bits per heavy atom. The molecule has 0 fully saturated rings. The lowest BCUT2D eigenvalue weighted by Gasteiger charge is -2.16. The van der Waals surface area contributed by atoms with Gasteiger partial charge in [-0.3, -0.25) is 9.63 Å². The highest BCUT2D eigenvalue weighted by atomic mass is 32.2. The van der Waals surface area contributed by atoms with Crippen molar-refractivity contribution in [1.29, 1.82) is 0 Å². The molecule has 0 spiro atoms. The molecule has 0 unspecified atom stereocenters. The van der Waals surface area contributed by atoms with Gasteiger partial charge in [0, 0.05) is 45.0 Å². The first-order valence-electron chi connectivity index (χ1n) is 7.80. The number of hydrogen-bond acceptors (Lipinski definition) is 6. The highest BCUT2D eigenvalue weighted by molar-refractivity contribution is 7.89. The van der Waals surface area contributed by atoms with E-state index in [4.69, 9.17) is 4.84 Å². The van der Waals surface area contributed by atoms with Crippen molar-refractivity contribution in [3.63, 3.8) is 0 Å². The highest BCUT2D eigenvalue weighted by Crippen LogP contribution is 2.17. The van der Waals surface area contributed by atoms with Gasteiger partial charge in [0.1, 0.15) is 5.82 Å². The Balaban J connectivity index is 2.18. The standard InChI is InChI=1S/C17H22N4O4S/c1-20(2)16-14(8-6-10-18-16)12-19-17(22)13-7-5-9-15(11-13)26(23,24)21(3)25-4/h5-11H,12H2,1-4H3,(H,19,22). The summed E-state index contributed by atoms with van der Waals surface area (Å²) < 4.78 is 25.3. The lowest BCUT2D eigenvalue weighted by molar-refractivity contribution is -0.0258. The SMILES string of the molecule is CON(C)S(=O)(=O)c1cccc(C(=O)NCc2cccnc2N(C)C)c1. The van der Waals surface area contributed by atoms with Gasteiger partial charge < -0.3 is 10.2 Å². The predicted molar refractivity (Wildman–Crippen MR) is 98.1 cm³/mol. The van der Waals surface area contributed by atoms with E-state index in [1.165, 1.54) is 32.4 Å². The number of hydroxylamine groups is 1. The number of pyridine rings is 1. The van der Waals surface area contributed by atoms with Gasteiger partial charge in [-0.1, -0.05) is 16.6 Å². The minimum Gasteiger partial charge on any atom is -0.362 e. The molecule has 1 aromatic heterocycles. The average Bonchev–Trinajstić information content (AvgIpc) is 2.65. The summed E-state index contributed by atoms with van der Waals surface area (Å²) in [7, 11) is 2.46. The Morgan fingerprint density at radius 2 is 1.92 bits per heavy atom. The normalized spacial score (nSPS) is 11.4. The third-order valence-corrected chi connectivity index (χ3v) is 5.40. The Kier molecular flexibility index (Phi) is 6.30. The Hall–Kier alpha value is -2.49. The molecule has 0 saturated carbocycles. The van der Waals surface area contributed by atoms with Gasteiger partial charge in [-0.05, 0) is 24.3 Å². The summed E-state index contributed by atoms with van der Waals surface area (Å²) in [6.07, 6.45) is 1.68. The highest BCUT2D eigenvalue weighted by Gasteiger charge is 2.22. The largest absolute Gasteiger partial charge is 0.362 e. The van der Waals surface area contributed by atoms with Crippen LogP contribution in [0.4, 0.5) is 5.82 Å². The summed E-state index contributed by atoms with van der Waals surface area (Å²) >= 11 is 0. The van der Waals surface area contributed by atoms with Crippen molar-refractivity contribution >= 4 is 21.7 Å². The lowest BCUT2D eigenvalue weighted by atomic mass is 10.2. The van der Waals surface area contributed by atoms with Crippen LogP contribution in [0.3, 0.4) is 0 Å². The number of anilines is 1. The molecule has 1 amide bonds. The second-order valence-corrected chi connectivity index (χ2v) is 7.62. The minimum absolute atomic E-state index is 0.0233. The topological polar surface area (TPSA) is 91.8 Å². The number of benzene rings is 1. The third kappa shape index (κ3) is 4.37. The zero-order valence-electron chi connectivity index (χ0n) is 15.1. The molecule has 26 heavy (non-hydrogen) atoms. The molecule has 9 heteroatoms. The maximum atomic E-state index is 12.4. The van der Waals surface area contributed by atoms with Gasteiger partial charge >= 0.3 is 0 Å². The molecule has 140 valence electrons. The number of nitrogens with one attached hydrogen (secondary N) is 1. The maximum absolute atomic E-state index is 12.4. The van der Waals surface area contributed by atoms with Gasteiger partial charge in [-0.25, -0.2) is 13.4 Å². The average molecular weight is 378 g/mol. The van der Waals surface area contributed by atoms with Gasteiger partial charge in [0.05, 0.1) is 12.0 Å². The van der Waals surface area contributed by atoms with Crippen LogP contribution in [0.2, 0.25) is 0 Å². The summed E-state index contributed by atoms with van der Waals surface area (Å²) in [5.74, 6) is 0.376. The van der Waals surface area contributed by atoms with Crippen molar-refractivity contribution in [1.82, 2.24) is 14.8 Å². The van der Waals surface area contributed by atoms with Gasteiger partial charge in [0.25, 0.3) is 15.9 Å². The van der Waals surface area contributed by atoms with E-state index in [1.54, 1.807) is 18.3 Å². The van der Waals surface area contributed by atoms with E-state index in [0.29, 0.717) is 0 Å². The van der Waals surface area contributed by atoms with Crippen LogP contribution in [-0.4, -0.2) is 52.0 Å². The first-order chi connectivity index (χ1) is 12.3. The number of nitrogens with zero attached hydrogens (tertiary/aromatic N) is 3. The van der Waals surface area contributed by atoms with Crippen LogP contribution in [0, 0.1) is 0 Å². The fraction of sp³-hybridized carbons (Fsp3) is 0.294. The summed E-state index contributed by atoms with van der Waals surface area (Å²) in [5.41, 5.74) is 1.10. The monoisotopic (exact) mass is 378 g/mol. The third-order valence-electron chi connectivity index (χ3n) is 3.72. The van der Waals surface area contributed by atoms with Crippen molar-refractivity contribution < 1.29 is 18.0 Å². The fourth-order valence-corrected chi connectivity index (χ4v) is 3.31. The maximum Gasteiger partial charge on any atom is 0.264 e. The molecule has 1 heterocycles. The van der Waals surface area contributed by atoms with E-state index in [9.17, 15) is 13.2 Å². The van der Waals surface area contributed by atoms with E-state index in [-0.39, 0.29) is 22.9 Å². The molecule has 1 aromatic carbocycles. The molecule has 0 aliphatic carbocycles. The van der Waals surface area contributed by atoms with Crippen LogP contribution in [-0.2, 0) is 21.4 Å². The summed E-state index contributed by atoms with van der Waals surface area (Å²) in [6, 6.07) is 9.46. The Bertz CT molecular complexity index is 884. The smallest absolute Gasteiger partial charge is 0.264 e. The Labute approximate surface area is 153 Å². The van der Waals surface area contributed by atoms with Crippen LogP contribution in [0.1, 0.15) is 15.9 Å². The molecule has 0 bridgehead atoms. The van der Waals surface area contributed by atoms with Crippen LogP contribution in [0.15, 0.2) is 47.5 Å². The van der Waals surface area contributed by atoms with Gasteiger partial charge in [0.2, 0.25) is 0 Å². The molecule has 1 N–H and O–H groups in total. The minimum atomic E-state index is -3.82. The van der Waals surface area contributed by atoms with E-state index in [0.717, 1.165) is 15.8 Å². The van der Waals surface area contributed by atoms with Crippen molar-refractivity contribution in [3.8, 4) is 0 Å². The molecule has 8 nitrogen and oxygen atoms in total. The fourth-order valence-electron chi connectivity index (χ4n) is 2.29. The number of hydrogen-bond donors (Lipinski definition) is 1. The van der Waals surface area contributed by atoms with Gasteiger partial charge in [-0.15, -0.1) is 0 Å². The molecule has 0 aliphatic rings. The number of aromatic nitrogens is 1. The zero-order chi connectivity index (χ0) is 19.3. The van der Waals surface area contributed by atoms with E-state index in [2.05, 4.69) is 10.3 Å². The van der Waals surface area contributed by atoms with Crippen LogP contribution >= 0.6 is 0 Å². The second-order valence-electron chi connectivity index (χ2n) is 5.69. The van der Waals surface area contributed by atoms with Gasteiger partial charge in [0.15, 0.2) is 0 Å². The number of carbonyl (C=O) groups is 1. The van der Waals surface area contributed by atoms with Crippen molar-refractivity contribution in [2.45, 2.75) is 11.4 Å². The molecule has 0 aliphatic heterocycles. The molecule has 2 aromatic rings. The first-order valence-corrected chi connectivity index (χ1v) is 9.24. The first kappa shape index (κ1) is 19.8. The predicted octanol–water partition coefficient (Wildman–Crippen LogP) is 1.26. The van der Waals surface area contributed by atoms with Crippen molar-refractivity contribution in [3.05, 3.63) is 53.7 Å². The summed E-state index contributed by atoms with van der Waals surface area (Å²) in [5, 5.41) is 2.79. The molecule has 2 rings (SSSR count). The number of amides is 1. The molecule has 0 saturated heterocycles. The summed E-state index contributed by atoms with van der Waals surface area (Å²) in [4.78, 5) is 23.3. The van der Waals surface area contributed by atoms with E-state index >= 15 is 0 Å². The van der Waals surface area contributed by atoms with Crippen LogP contribution in [0.5, 0.6) is 0 Å².